The summed E-state index contributed by atoms with van der Waals surface area (Å²) in [7, 11) is 0. The first-order valence-electron chi connectivity index (χ1n) is 6.91. The van der Waals surface area contributed by atoms with Crippen LogP contribution < -0.4 is 4.90 Å². The predicted molar refractivity (Wildman–Crippen MR) is 89.3 cm³/mol. The highest BCUT2D eigenvalue weighted by atomic mass is 79.9. The molecule has 0 aromatic heterocycles. The number of hydrogen-bond donors (Lipinski definition) is 0. The number of carbonyl (C=O) groups is 1. The van der Waals surface area contributed by atoms with Gasteiger partial charge < -0.3 is 4.90 Å². The van der Waals surface area contributed by atoms with Crippen molar-refractivity contribution in [1.82, 2.24) is 0 Å². The highest BCUT2D eigenvalue weighted by Gasteiger charge is 2.28. The summed E-state index contributed by atoms with van der Waals surface area (Å²) in [6.07, 6.45) is 0.581. The topological polar surface area (TPSA) is 107 Å². The normalized spacial score (nSPS) is 12.8. The van der Waals surface area contributed by atoms with Crippen molar-refractivity contribution in [2.75, 3.05) is 11.4 Å². The smallest absolute Gasteiger partial charge is 0.284 e. The molecule has 9 heteroatoms. The molecule has 1 aliphatic heterocycles. The molecule has 2 aromatic rings. The van der Waals surface area contributed by atoms with Crippen LogP contribution in [0.5, 0.6) is 0 Å². The molecule has 0 aliphatic carbocycles. The molecule has 0 bridgehead atoms. The number of benzene rings is 2. The lowest BCUT2D eigenvalue weighted by Crippen LogP contribution is -2.28. The van der Waals surface area contributed by atoms with Crippen molar-refractivity contribution < 1.29 is 14.6 Å². The van der Waals surface area contributed by atoms with Crippen LogP contribution in [0.15, 0.2) is 40.9 Å². The van der Waals surface area contributed by atoms with Crippen LogP contribution in [0, 0.1) is 20.2 Å². The average Bonchev–Trinajstić information content (AvgIpc) is 2.97. The Morgan fingerprint density at radius 3 is 2.50 bits per heavy atom. The minimum absolute atomic E-state index is 0.102. The summed E-state index contributed by atoms with van der Waals surface area (Å²) in [4.78, 5) is 34.9. The third-order valence-electron chi connectivity index (χ3n) is 3.81. The van der Waals surface area contributed by atoms with E-state index in [2.05, 4.69) is 15.9 Å². The third-order valence-corrected chi connectivity index (χ3v) is 4.48. The fourth-order valence-electron chi connectivity index (χ4n) is 2.63. The second kappa shape index (κ2) is 6.00. The Kier molecular flexibility index (Phi) is 4.02. The molecule has 122 valence electrons. The predicted octanol–water partition coefficient (Wildman–Crippen LogP) is 3.47. The lowest BCUT2D eigenvalue weighted by Gasteiger charge is -2.17. The zero-order chi connectivity index (χ0) is 17.4. The molecule has 1 amide bonds. The highest BCUT2D eigenvalue weighted by molar-refractivity contribution is 9.10. The van der Waals surface area contributed by atoms with Crippen molar-refractivity contribution in [3.05, 3.63) is 72.2 Å². The number of rotatable bonds is 3. The first kappa shape index (κ1) is 16.1. The van der Waals surface area contributed by atoms with Gasteiger partial charge in [0.2, 0.25) is 0 Å². The van der Waals surface area contributed by atoms with E-state index in [0.29, 0.717) is 18.7 Å². The fraction of sp³-hybridized carbons (Fsp3) is 0.133. The third kappa shape index (κ3) is 2.73. The van der Waals surface area contributed by atoms with Crippen LogP contribution in [0.4, 0.5) is 17.1 Å². The quantitative estimate of drug-likeness (QED) is 0.587. The minimum atomic E-state index is -0.580. The van der Waals surface area contributed by atoms with Gasteiger partial charge in [-0.3, -0.25) is 25.0 Å². The number of hydrogen-bond acceptors (Lipinski definition) is 5. The average molecular weight is 392 g/mol. The van der Waals surface area contributed by atoms with Gasteiger partial charge in [0.1, 0.15) is 0 Å². The van der Waals surface area contributed by atoms with Crippen LogP contribution in [0.3, 0.4) is 0 Å². The standard InChI is InChI=1S/C15H10BrN3O5/c16-12-4-2-10(7-14(12)19(23)24)15(20)17-6-5-9-1-3-11(18(21)22)8-13(9)17/h1-4,7-8H,5-6H2. The van der Waals surface area contributed by atoms with Crippen LogP contribution in [0.2, 0.25) is 0 Å². The summed E-state index contributed by atoms with van der Waals surface area (Å²) in [6.45, 7) is 0.374. The zero-order valence-corrected chi connectivity index (χ0v) is 13.7. The maximum Gasteiger partial charge on any atom is 0.284 e. The zero-order valence-electron chi connectivity index (χ0n) is 12.1. The summed E-state index contributed by atoms with van der Waals surface area (Å²) >= 11 is 3.07. The van der Waals surface area contributed by atoms with E-state index in [1.807, 2.05) is 0 Å². The summed E-state index contributed by atoms with van der Waals surface area (Å²) in [6, 6.07) is 8.50. The van der Waals surface area contributed by atoms with E-state index in [0.717, 1.165) is 5.56 Å². The SMILES string of the molecule is O=C(c1ccc(Br)c([N+](=O)[O-])c1)N1CCc2ccc([N+](=O)[O-])cc21. The molecule has 0 N–H and O–H groups in total. The number of carbonyl (C=O) groups excluding carboxylic acids is 1. The number of anilines is 1. The van der Waals surface area contributed by atoms with Crippen LogP contribution in [-0.4, -0.2) is 22.3 Å². The molecule has 0 saturated heterocycles. The monoisotopic (exact) mass is 391 g/mol. The van der Waals surface area contributed by atoms with Crippen LogP contribution in [0.25, 0.3) is 0 Å². The van der Waals surface area contributed by atoms with Gasteiger partial charge in [0.15, 0.2) is 0 Å². The molecule has 8 nitrogen and oxygen atoms in total. The summed E-state index contributed by atoms with van der Waals surface area (Å²) in [5.74, 6) is -0.426. The van der Waals surface area contributed by atoms with Crippen LogP contribution in [-0.2, 0) is 6.42 Å². The maximum absolute atomic E-state index is 12.7. The summed E-state index contributed by atoms with van der Waals surface area (Å²) in [5.41, 5.74) is 1.15. The van der Waals surface area contributed by atoms with Crippen molar-refractivity contribution in [3.8, 4) is 0 Å². The Bertz CT molecular complexity index is 883. The number of nitrogens with zero attached hydrogens (tertiary/aromatic N) is 3. The van der Waals surface area contributed by atoms with Gasteiger partial charge in [-0.05, 0) is 40.0 Å². The van der Waals surface area contributed by atoms with Crippen molar-refractivity contribution in [2.24, 2.45) is 0 Å². The number of amides is 1. The molecular formula is C15H10BrN3O5. The molecule has 2 aromatic carbocycles. The van der Waals surface area contributed by atoms with E-state index >= 15 is 0 Å². The van der Waals surface area contributed by atoms with E-state index in [-0.39, 0.29) is 21.4 Å². The van der Waals surface area contributed by atoms with E-state index in [4.69, 9.17) is 0 Å². The van der Waals surface area contributed by atoms with Gasteiger partial charge in [-0.2, -0.15) is 0 Å². The number of nitro benzene ring substituents is 2. The first-order chi connectivity index (χ1) is 11.4. The molecule has 3 rings (SSSR count). The molecule has 1 heterocycles. The van der Waals surface area contributed by atoms with Gasteiger partial charge in [-0.15, -0.1) is 0 Å². The summed E-state index contributed by atoms with van der Waals surface area (Å²) in [5, 5.41) is 21.9. The van der Waals surface area contributed by atoms with Gasteiger partial charge in [-0.25, -0.2) is 0 Å². The Labute approximate surface area is 144 Å². The van der Waals surface area contributed by atoms with Crippen molar-refractivity contribution in [2.45, 2.75) is 6.42 Å². The molecule has 1 aliphatic rings. The minimum Gasteiger partial charge on any atom is -0.307 e. The van der Waals surface area contributed by atoms with Crippen LogP contribution >= 0.6 is 15.9 Å². The largest absolute Gasteiger partial charge is 0.307 e. The number of fused-ring (bicyclic) bond motifs is 1. The second-order valence-electron chi connectivity index (χ2n) is 5.20. The first-order valence-corrected chi connectivity index (χ1v) is 7.71. The molecule has 0 spiro atoms. The lowest BCUT2D eigenvalue weighted by atomic mass is 10.1. The van der Waals surface area contributed by atoms with E-state index < -0.39 is 15.8 Å². The Balaban J connectivity index is 1.99. The van der Waals surface area contributed by atoms with Gasteiger partial charge >= 0.3 is 0 Å². The van der Waals surface area contributed by atoms with E-state index in [1.54, 1.807) is 6.07 Å². The molecule has 0 saturated carbocycles. The Morgan fingerprint density at radius 1 is 1.08 bits per heavy atom. The number of non-ortho nitro benzene ring substituents is 1. The molecule has 24 heavy (non-hydrogen) atoms. The molecule has 0 atom stereocenters. The van der Waals surface area contributed by atoms with Crippen molar-refractivity contribution in [3.63, 3.8) is 0 Å². The van der Waals surface area contributed by atoms with Gasteiger partial charge in [0, 0.05) is 30.3 Å². The van der Waals surface area contributed by atoms with E-state index in [9.17, 15) is 25.0 Å². The number of nitro groups is 2. The maximum atomic E-state index is 12.7. The fourth-order valence-corrected chi connectivity index (χ4v) is 3.02. The molecule has 0 unspecified atom stereocenters. The van der Waals surface area contributed by atoms with Gasteiger partial charge in [0.25, 0.3) is 17.3 Å². The lowest BCUT2D eigenvalue weighted by molar-refractivity contribution is -0.385. The van der Waals surface area contributed by atoms with E-state index in [1.165, 1.54) is 35.2 Å². The highest BCUT2D eigenvalue weighted by Crippen LogP contribution is 2.33. The molecule has 0 fully saturated rings. The Hall–Kier alpha value is -2.81. The van der Waals surface area contributed by atoms with Gasteiger partial charge in [-0.1, -0.05) is 6.07 Å². The second-order valence-corrected chi connectivity index (χ2v) is 6.05. The summed E-state index contributed by atoms with van der Waals surface area (Å²) < 4.78 is 0.279. The van der Waals surface area contributed by atoms with Crippen molar-refractivity contribution >= 4 is 38.9 Å². The molecule has 0 radical (unpaired) electrons. The van der Waals surface area contributed by atoms with Gasteiger partial charge in [0.05, 0.1) is 20.0 Å². The Morgan fingerprint density at radius 2 is 1.83 bits per heavy atom. The van der Waals surface area contributed by atoms with Crippen molar-refractivity contribution in [1.29, 1.82) is 0 Å². The number of halogens is 1. The van der Waals surface area contributed by atoms with Crippen LogP contribution in [0.1, 0.15) is 15.9 Å². The molecular weight excluding hydrogens is 382 g/mol.